The number of hydrogen-bond acceptors (Lipinski definition) is 4. The number of fused-ring (bicyclic) bond motifs is 1. The van der Waals surface area contributed by atoms with Gasteiger partial charge in [-0.3, -0.25) is 0 Å². The lowest BCUT2D eigenvalue weighted by atomic mass is 10.1. The largest absolute Gasteiger partial charge is 0.489 e. The van der Waals surface area contributed by atoms with Gasteiger partial charge in [0.1, 0.15) is 24.2 Å². The van der Waals surface area contributed by atoms with Crippen LogP contribution in [0.4, 0.5) is 5.69 Å². The predicted octanol–water partition coefficient (Wildman–Crippen LogP) is 4.05. The minimum Gasteiger partial charge on any atom is -0.489 e. The molecule has 0 spiro atoms. The maximum absolute atomic E-state index is 6.08. The zero-order chi connectivity index (χ0) is 17.1. The van der Waals surface area contributed by atoms with Gasteiger partial charge in [-0.25, -0.2) is 0 Å². The molecule has 1 N–H and O–H groups in total. The summed E-state index contributed by atoms with van der Waals surface area (Å²) < 4.78 is 17.3. The van der Waals surface area contributed by atoms with Crippen LogP contribution in [-0.4, -0.2) is 32.5 Å². The zero-order valence-electron chi connectivity index (χ0n) is 14.5. The van der Waals surface area contributed by atoms with Gasteiger partial charge in [-0.2, -0.15) is 0 Å². The van der Waals surface area contributed by atoms with E-state index >= 15 is 0 Å². The molecular formula is C21H23NO3. The van der Waals surface area contributed by atoms with Gasteiger partial charge >= 0.3 is 0 Å². The second-order valence-electron chi connectivity index (χ2n) is 6.57. The van der Waals surface area contributed by atoms with Gasteiger partial charge in [-0.05, 0) is 36.3 Å². The van der Waals surface area contributed by atoms with Crippen molar-refractivity contribution in [2.75, 3.05) is 31.7 Å². The Hall–Kier alpha value is -2.46. The van der Waals surface area contributed by atoms with Crippen LogP contribution in [0, 0.1) is 6.92 Å². The summed E-state index contributed by atoms with van der Waals surface area (Å²) in [7, 11) is 0. The van der Waals surface area contributed by atoms with Crippen molar-refractivity contribution in [2.24, 2.45) is 0 Å². The normalized spacial score (nSPS) is 18.9. The third-order valence-electron chi connectivity index (χ3n) is 4.58. The van der Waals surface area contributed by atoms with Gasteiger partial charge < -0.3 is 19.5 Å². The quantitative estimate of drug-likeness (QED) is 0.893. The Morgan fingerprint density at radius 2 is 2.12 bits per heavy atom. The lowest BCUT2D eigenvalue weighted by Gasteiger charge is -2.19. The summed E-state index contributed by atoms with van der Waals surface area (Å²) in [6.45, 7) is 4.92. The van der Waals surface area contributed by atoms with Crippen molar-refractivity contribution in [1.82, 2.24) is 0 Å². The molecule has 0 saturated carbocycles. The number of para-hydroxylation sites is 1. The van der Waals surface area contributed by atoms with Crippen molar-refractivity contribution < 1.29 is 14.2 Å². The van der Waals surface area contributed by atoms with Crippen LogP contribution in [0.5, 0.6) is 11.5 Å². The Balaban J connectivity index is 1.42. The summed E-state index contributed by atoms with van der Waals surface area (Å²) in [4.78, 5) is 0. The highest BCUT2D eigenvalue weighted by Gasteiger charge is 2.18. The first-order chi connectivity index (χ1) is 12.3. The van der Waals surface area contributed by atoms with Crippen LogP contribution in [0.15, 0.2) is 48.0 Å². The topological polar surface area (TPSA) is 39.7 Å². The lowest BCUT2D eigenvalue weighted by Crippen LogP contribution is -2.17. The Labute approximate surface area is 148 Å². The molecule has 1 atom stereocenters. The van der Waals surface area contributed by atoms with Crippen LogP contribution in [-0.2, 0) is 4.74 Å². The number of aryl methyl sites for hydroxylation is 1. The number of nitrogens with one attached hydrogen (secondary N) is 1. The minimum atomic E-state index is 0.167. The minimum absolute atomic E-state index is 0.167. The van der Waals surface area contributed by atoms with E-state index in [2.05, 4.69) is 42.6 Å². The van der Waals surface area contributed by atoms with Crippen molar-refractivity contribution in [3.8, 4) is 11.5 Å². The molecule has 4 nitrogen and oxygen atoms in total. The molecule has 0 amide bonds. The van der Waals surface area contributed by atoms with Crippen LogP contribution in [0.3, 0.4) is 0 Å². The average Bonchev–Trinajstić information content (AvgIpc) is 3.15. The van der Waals surface area contributed by atoms with Crippen LogP contribution < -0.4 is 14.8 Å². The van der Waals surface area contributed by atoms with Gasteiger partial charge in [0.15, 0.2) is 0 Å². The fourth-order valence-electron chi connectivity index (χ4n) is 3.10. The van der Waals surface area contributed by atoms with Crippen LogP contribution in [0.25, 0.3) is 6.08 Å². The summed E-state index contributed by atoms with van der Waals surface area (Å²) in [5.41, 5.74) is 4.57. The molecule has 0 bridgehead atoms. The fraction of sp³-hybridized carbons (Fsp3) is 0.333. The molecule has 0 unspecified atom stereocenters. The Kier molecular flexibility index (Phi) is 4.61. The monoisotopic (exact) mass is 337 g/mol. The first-order valence-electron chi connectivity index (χ1n) is 8.78. The molecule has 4 heteroatoms. The lowest BCUT2D eigenvalue weighted by molar-refractivity contribution is 0.141. The predicted molar refractivity (Wildman–Crippen MR) is 99.4 cm³/mol. The van der Waals surface area contributed by atoms with Gasteiger partial charge in [-0.1, -0.05) is 24.3 Å². The molecule has 2 heterocycles. The molecule has 25 heavy (non-hydrogen) atoms. The molecule has 130 valence electrons. The molecule has 2 aromatic carbocycles. The number of benzene rings is 2. The van der Waals surface area contributed by atoms with Crippen LogP contribution in [0.1, 0.15) is 17.5 Å². The highest BCUT2D eigenvalue weighted by atomic mass is 16.5. The first-order valence-corrected chi connectivity index (χ1v) is 8.78. The second kappa shape index (κ2) is 7.19. The SMILES string of the molecule is Cc1ccc(NCC2=Cc3ccccc3OC2)cc1O[C@H]1CCOC1. The van der Waals surface area contributed by atoms with Crippen LogP contribution >= 0.6 is 0 Å². The highest BCUT2D eigenvalue weighted by molar-refractivity contribution is 5.63. The van der Waals surface area contributed by atoms with Crippen molar-refractivity contribution in [3.05, 3.63) is 59.2 Å². The number of anilines is 1. The Morgan fingerprint density at radius 3 is 3.00 bits per heavy atom. The number of rotatable bonds is 5. The summed E-state index contributed by atoms with van der Waals surface area (Å²) in [5, 5.41) is 3.48. The Bertz CT molecular complexity index is 778. The summed E-state index contributed by atoms with van der Waals surface area (Å²) in [6.07, 6.45) is 3.33. The molecular weight excluding hydrogens is 314 g/mol. The number of hydrogen-bond donors (Lipinski definition) is 1. The van der Waals surface area contributed by atoms with E-state index in [9.17, 15) is 0 Å². The van der Waals surface area contributed by atoms with Crippen molar-refractivity contribution in [3.63, 3.8) is 0 Å². The first kappa shape index (κ1) is 16.0. The number of ether oxygens (including phenoxy) is 3. The molecule has 1 saturated heterocycles. The Morgan fingerprint density at radius 1 is 1.20 bits per heavy atom. The molecule has 2 aromatic rings. The van der Waals surface area contributed by atoms with E-state index in [0.29, 0.717) is 13.2 Å². The smallest absolute Gasteiger partial charge is 0.127 e. The van der Waals surface area contributed by atoms with Gasteiger partial charge in [0.2, 0.25) is 0 Å². The maximum atomic E-state index is 6.08. The molecule has 2 aliphatic rings. The summed E-state index contributed by atoms with van der Waals surface area (Å²) >= 11 is 0. The van der Waals surface area contributed by atoms with Gasteiger partial charge in [0.25, 0.3) is 0 Å². The second-order valence-corrected chi connectivity index (χ2v) is 6.57. The van der Waals surface area contributed by atoms with Gasteiger partial charge in [-0.15, -0.1) is 0 Å². The molecule has 0 radical (unpaired) electrons. The van der Waals surface area contributed by atoms with E-state index in [-0.39, 0.29) is 6.10 Å². The van der Waals surface area contributed by atoms with E-state index in [1.54, 1.807) is 0 Å². The third-order valence-corrected chi connectivity index (χ3v) is 4.58. The molecule has 2 aliphatic heterocycles. The van der Waals surface area contributed by atoms with E-state index in [1.165, 1.54) is 5.57 Å². The molecule has 4 rings (SSSR count). The van der Waals surface area contributed by atoms with E-state index in [4.69, 9.17) is 14.2 Å². The van der Waals surface area contributed by atoms with Crippen molar-refractivity contribution in [1.29, 1.82) is 0 Å². The van der Waals surface area contributed by atoms with E-state index in [0.717, 1.165) is 47.9 Å². The van der Waals surface area contributed by atoms with E-state index < -0.39 is 0 Å². The van der Waals surface area contributed by atoms with E-state index in [1.807, 2.05) is 18.2 Å². The summed E-state index contributed by atoms with van der Waals surface area (Å²) in [5.74, 6) is 1.88. The molecule has 0 aromatic heterocycles. The molecule has 1 fully saturated rings. The highest BCUT2D eigenvalue weighted by Crippen LogP contribution is 2.28. The summed E-state index contributed by atoms with van der Waals surface area (Å²) in [6, 6.07) is 14.4. The standard InChI is InChI=1S/C21H23NO3/c1-15-6-7-18(11-21(15)25-19-8-9-23-14-19)22-12-16-10-17-4-2-3-5-20(17)24-13-16/h2-7,10-11,19,22H,8-9,12-14H2,1H3/t19-/m0/s1. The average molecular weight is 337 g/mol. The fourth-order valence-corrected chi connectivity index (χ4v) is 3.10. The third kappa shape index (κ3) is 3.80. The van der Waals surface area contributed by atoms with Gasteiger partial charge in [0.05, 0.1) is 13.2 Å². The molecule has 0 aliphatic carbocycles. The van der Waals surface area contributed by atoms with Gasteiger partial charge in [0, 0.05) is 30.3 Å². The maximum Gasteiger partial charge on any atom is 0.127 e. The van der Waals surface area contributed by atoms with Crippen LogP contribution in [0.2, 0.25) is 0 Å². The van der Waals surface area contributed by atoms with Crippen molar-refractivity contribution in [2.45, 2.75) is 19.4 Å². The van der Waals surface area contributed by atoms with Crippen molar-refractivity contribution >= 4 is 11.8 Å². The zero-order valence-corrected chi connectivity index (χ0v) is 14.5.